The van der Waals surface area contributed by atoms with E-state index in [1.54, 1.807) is 24.3 Å². The maximum absolute atomic E-state index is 13.5. The molecule has 0 aliphatic rings. The van der Waals surface area contributed by atoms with Gasteiger partial charge in [0.25, 0.3) is 5.56 Å². The molecule has 1 N–H and O–H groups in total. The second-order valence-electron chi connectivity index (χ2n) is 7.62. The van der Waals surface area contributed by atoms with Crippen molar-refractivity contribution in [1.29, 1.82) is 0 Å². The van der Waals surface area contributed by atoms with Crippen LogP contribution in [0.1, 0.15) is 18.1 Å². The van der Waals surface area contributed by atoms with E-state index in [9.17, 15) is 14.4 Å². The Morgan fingerprint density at radius 2 is 1.91 bits per heavy atom. The zero-order valence-electron chi connectivity index (χ0n) is 19.2. The Bertz CT molecular complexity index is 1490. The van der Waals surface area contributed by atoms with Gasteiger partial charge in [0.2, 0.25) is 5.91 Å². The third-order valence-corrected chi connectivity index (χ3v) is 7.39. The van der Waals surface area contributed by atoms with E-state index in [4.69, 9.17) is 4.74 Å². The molecule has 0 aliphatic heterocycles. The number of carbonyl (C=O) groups excluding carboxylic acids is 1. The van der Waals surface area contributed by atoms with E-state index in [0.29, 0.717) is 26.2 Å². The zero-order chi connectivity index (χ0) is 24.4. The monoisotopic (exact) mass is 496 g/mol. The van der Waals surface area contributed by atoms with Gasteiger partial charge in [0.05, 0.1) is 18.5 Å². The minimum absolute atomic E-state index is 0.206. The molecular formula is C24H24N4O4S2. The molecule has 4 rings (SSSR count). The molecule has 176 valence electrons. The van der Waals surface area contributed by atoms with Crippen molar-refractivity contribution in [3.8, 4) is 11.4 Å². The first-order chi connectivity index (χ1) is 16.4. The van der Waals surface area contributed by atoms with E-state index in [0.717, 1.165) is 22.1 Å². The fourth-order valence-electron chi connectivity index (χ4n) is 3.61. The lowest BCUT2D eigenvalue weighted by Crippen LogP contribution is -2.40. The molecule has 1 amide bonds. The van der Waals surface area contributed by atoms with Crippen LogP contribution < -0.4 is 21.3 Å². The number of fused-ring (bicyclic) bond motifs is 1. The van der Waals surface area contributed by atoms with Crippen LogP contribution in [0.25, 0.3) is 16.0 Å². The number of rotatable bonds is 7. The number of carbonyl (C=O) groups is 1. The molecule has 2 aromatic carbocycles. The molecule has 4 aromatic rings. The predicted octanol–water partition coefficient (Wildman–Crippen LogP) is 3.85. The molecule has 0 spiro atoms. The number of anilines is 1. The van der Waals surface area contributed by atoms with Crippen molar-refractivity contribution in [3.05, 3.63) is 74.4 Å². The number of aryl methyl sites for hydroxylation is 2. The Hall–Kier alpha value is -3.37. The summed E-state index contributed by atoms with van der Waals surface area (Å²) in [6.45, 7) is 3.63. The van der Waals surface area contributed by atoms with Crippen LogP contribution in [-0.2, 0) is 17.8 Å². The van der Waals surface area contributed by atoms with Crippen molar-refractivity contribution in [3.63, 3.8) is 0 Å². The van der Waals surface area contributed by atoms with Gasteiger partial charge in [0, 0.05) is 0 Å². The molecule has 10 heteroatoms. The average molecular weight is 497 g/mol. The van der Waals surface area contributed by atoms with Crippen LogP contribution >= 0.6 is 23.1 Å². The normalized spacial score (nSPS) is 11.1. The third kappa shape index (κ3) is 4.51. The molecule has 0 saturated carbocycles. The number of methoxy groups -OCH3 is 1. The minimum Gasteiger partial charge on any atom is -0.495 e. The summed E-state index contributed by atoms with van der Waals surface area (Å²) < 4.78 is 8.65. The summed E-state index contributed by atoms with van der Waals surface area (Å²) in [5, 5.41) is 2.81. The molecule has 0 unspecified atom stereocenters. The summed E-state index contributed by atoms with van der Waals surface area (Å²) in [6.07, 6.45) is 2.69. The van der Waals surface area contributed by atoms with Crippen molar-refractivity contribution in [2.24, 2.45) is 0 Å². The molecule has 0 bridgehead atoms. The Kier molecular flexibility index (Phi) is 6.90. The number of hydrogen-bond acceptors (Lipinski definition) is 7. The van der Waals surface area contributed by atoms with E-state index in [2.05, 4.69) is 10.3 Å². The number of amides is 1. The highest BCUT2D eigenvalue weighted by molar-refractivity contribution is 8.00. The molecule has 0 fully saturated rings. The van der Waals surface area contributed by atoms with E-state index < -0.39 is 17.2 Å². The molecule has 0 atom stereocenters. The smallest absolute Gasteiger partial charge is 0.337 e. The summed E-state index contributed by atoms with van der Waals surface area (Å²) in [5.74, 6) is 0.0771. The van der Waals surface area contributed by atoms with Gasteiger partial charge in [0.15, 0.2) is 9.99 Å². The molecule has 0 saturated heterocycles. The highest BCUT2D eigenvalue weighted by atomic mass is 32.2. The van der Waals surface area contributed by atoms with Gasteiger partial charge in [-0.3, -0.25) is 14.2 Å². The Morgan fingerprint density at radius 3 is 2.56 bits per heavy atom. The maximum Gasteiger partial charge on any atom is 0.337 e. The fourth-order valence-corrected chi connectivity index (χ4v) is 5.10. The van der Waals surface area contributed by atoms with Crippen LogP contribution in [0.3, 0.4) is 0 Å². The summed E-state index contributed by atoms with van der Waals surface area (Å²) >= 11 is 2.59. The largest absolute Gasteiger partial charge is 0.495 e. The highest BCUT2D eigenvalue weighted by Crippen LogP contribution is 2.27. The van der Waals surface area contributed by atoms with Crippen LogP contribution in [0, 0.1) is 6.92 Å². The Labute approximate surface area is 204 Å². The lowest BCUT2D eigenvalue weighted by molar-refractivity contribution is -0.116. The van der Waals surface area contributed by atoms with Crippen LogP contribution in [-0.4, -0.2) is 33.4 Å². The maximum atomic E-state index is 13.5. The van der Waals surface area contributed by atoms with Gasteiger partial charge in [-0.15, -0.1) is 11.3 Å². The van der Waals surface area contributed by atoms with Crippen LogP contribution in [0.5, 0.6) is 5.75 Å². The summed E-state index contributed by atoms with van der Waals surface area (Å²) in [4.78, 5) is 44.2. The lowest BCUT2D eigenvalue weighted by atomic mass is 10.1. The summed E-state index contributed by atoms with van der Waals surface area (Å²) in [5.41, 5.74) is 2.13. The van der Waals surface area contributed by atoms with Gasteiger partial charge < -0.3 is 10.1 Å². The second kappa shape index (κ2) is 9.86. The minimum atomic E-state index is -0.619. The van der Waals surface area contributed by atoms with Crippen molar-refractivity contribution >= 4 is 45.0 Å². The quantitative estimate of drug-likeness (QED) is 0.391. The molecule has 0 aliphatic carbocycles. The van der Waals surface area contributed by atoms with Crippen molar-refractivity contribution < 1.29 is 9.53 Å². The number of nitrogens with zero attached hydrogens (tertiary/aromatic N) is 3. The fraction of sp³-hybridized carbons (Fsp3) is 0.250. The first-order valence-electron chi connectivity index (χ1n) is 10.6. The van der Waals surface area contributed by atoms with Crippen molar-refractivity contribution in [1.82, 2.24) is 14.1 Å². The Balaban J connectivity index is 1.82. The van der Waals surface area contributed by atoms with Gasteiger partial charge in [-0.2, -0.15) is 0 Å². The first-order valence-corrected chi connectivity index (χ1v) is 12.6. The molecule has 8 nitrogen and oxygen atoms in total. The number of nitrogens with one attached hydrogen (secondary N) is 1. The molecular weight excluding hydrogens is 472 g/mol. The number of benzene rings is 2. The standard InChI is InChI=1S/C24H24N4O4S2/c1-5-15-7-9-16(10-8-15)28-22(30)20-21(26-23(33-4)34-20)27(24(28)31)13-19(29)25-17-12-14(2)6-11-18(17)32-3/h6-12H,5,13H2,1-4H3,(H,25,29). The zero-order valence-corrected chi connectivity index (χ0v) is 20.9. The van der Waals surface area contributed by atoms with E-state index in [-0.39, 0.29) is 12.2 Å². The molecule has 0 radical (unpaired) electrons. The van der Waals surface area contributed by atoms with Crippen LogP contribution in [0.4, 0.5) is 5.69 Å². The topological polar surface area (TPSA) is 95.2 Å². The molecule has 34 heavy (non-hydrogen) atoms. The van der Waals surface area contributed by atoms with Crippen LogP contribution in [0.2, 0.25) is 0 Å². The van der Waals surface area contributed by atoms with Gasteiger partial charge in [-0.1, -0.05) is 36.9 Å². The number of thioether (sulfide) groups is 1. The van der Waals surface area contributed by atoms with E-state index in [1.165, 1.54) is 34.8 Å². The van der Waals surface area contributed by atoms with Gasteiger partial charge in [0.1, 0.15) is 17.0 Å². The second-order valence-corrected chi connectivity index (χ2v) is 9.67. The van der Waals surface area contributed by atoms with E-state index in [1.807, 2.05) is 38.3 Å². The van der Waals surface area contributed by atoms with Crippen LogP contribution in [0.15, 0.2) is 56.4 Å². The van der Waals surface area contributed by atoms with E-state index >= 15 is 0 Å². The first kappa shape index (κ1) is 23.8. The van der Waals surface area contributed by atoms with Crippen molar-refractivity contribution in [2.45, 2.75) is 31.2 Å². The predicted molar refractivity (Wildman–Crippen MR) is 137 cm³/mol. The number of hydrogen-bond donors (Lipinski definition) is 1. The van der Waals surface area contributed by atoms with Gasteiger partial charge in [-0.25, -0.2) is 14.3 Å². The Morgan fingerprint density at radius 1 is 1.18 bits per heavy atom. The van der Waals surface area contributed by atoms with Gasteiger partial charge >= 0.3 is 5.69 Å². The average Bonchev–Trinajstić information content (AvgIpc) is 3.27. The number of ether oxygens (including phenoxy) is 1. The third-order valence-electron chi connectivity index (χ3n) is 5.37. The SMILES string of the molecule is CCc1ccc(-n2c(=O)c3sc(SC)nc3n(CC(=O)Nc3cc(C)ccc3OC)c2=O)cc1. The summed E-state index contributed by atoms with van der Waals surface area (Å²) in [6, 6.07) is 12.7. The van der Waals surface area contributed by atoms with Crippen molar-refractivity contribution in [2.75, 3.05) is 18.7 Å². The molecule has 2 heterocycles. The lowest BCUT2D eigenvalue weighted by Gasteiger charge is -2.13. The summed E-state index contributed by atoms with van der Waals surface area (Å²) in [7, 11) is 1.52. The number of thiazole rings is 1. The molecule has 2 aromatic heterocycles. The highest BCUT2D eigenvalue weighted by Gasteiger charge is 2.21. The van der Waals surface area contributed by atoms with Gasteiger partial charge in [-0.05, 0) is 55.0 Å². The number of aromatic nitrogens is 3.